The number of nitrogens with zero attached hydrogens (tertiary/aromatic N) is 1. The van der Waals surface area contributed by atoms with E-state index in [1.807, 2.05) is 6.07 Å². The fourth-order valence-corrected chi connectivity index (χ4v) is 7.52. The van der Waals surface area contributed by atoms with Gasteiger partial charge in [-0.25, -0.2) is 0 Å². The first kappa shape index (κ1) is 20.2. The highest BCUT2D eigenvalue weighted by Crippen LogP contribution is 2.69. The first-order chi connectivity index (χ1) is 15.6. The van der Waals surface area contributed by atoms with Gasteiger partial charge in [-0.15, -0.1) is 0 Å². The zero-order valence-electron chi connectivity index (χ0n) is 17.9. The summed E-state index contributed by atoms with van der Waals surface area (Å²) in [5.41, 5.74) is 4.08. The molecule has 1 heterocycles. The van der Waals surface area contributed by atoms with Gasteiger partial charge in [0.25, 0.3) is 0 Å². The molecule has 0 radical (unpaired) electrons. The maximum atomic E-state index is 13.1. The van der Waals surface area contributed by atoms with Gasteiger partial charge in [-0.1, -0.05) is 82.7 Å². The van der Waals surface area contributed by atoms with Crippen molar-refractivity contribution in [1.29, 1.82) is 0 Å². The molecule has 4 unspecified atom stereocenters. The highest BCUT2D eigenvalue weighted by molar-refractivity contribution is 9.10. The fourth-order valence-electron chi connectivity index (χ4n) is 7.26. The Hall–Kier alpha value is -2.43. The predicted molar refractivity (Wildman–Crippen MR) is 129 cm³/mol. The number of carboxylic acids is 1. The highest BCUT2D eigenvalue weighted by Gasteiger charge is 2.70. The van der Waals surface area contributed by atoms with E-state index >= 15 is 0 Å². The minimum Gasteiger partial charge on any atom is -0.481 e. The molecule has 0 aromatic heterocycles. The Morgan fingerprint density at radius 1 is 1.00 bits per heavy atom. The van der Waals surface area contributed by atoms with E-state index in [9.17, 15) is 9.90 Å². The molecule has 162 valence electrons. The van der Waals surface area contributed by atoms with Crippen LogP contribution in [-0.2, 0) is 16.8 Å². The van der Waals surface area contributed by atoms with E-state index in [-0.39, 0.29) is 17.3 Å². The van der Waals surface area contributed by atoms with Gasteiger partial charge in [0.1, 0.15) is 0 Å². The second kappa shape index (κ2) is 7.29. The Morgan fingerprint density at radius 3 is 2.47 bits per heavy atom. The van der Waals surface area contributed by atoms with Gasteiger partial charge < -0.3 is 5.11 Å². The molecule has 3 nitrogen and oxygen atoms in total. The quantitative estimate of drug-likeness (QED) is 0.503. The van der Waals surface area contributed by atoms with E-state index in [0.29, 0.717) is 6.54 Å². The standard InChI is InChI=1S/C28H26BrNO2/c29-21-12-10-20(11-13-21)27-15-14-24(22-8-4-5-9-23(22)27)28(26(31)32)18-30(17-25(27)28)16-19-6-2-1-3-7-19/h1-13,24-25H,14-18H2,(H,31,32). The van der Waals surface area contributed by atoms with Crippen LogP contribution >= 0.6 is 15.9 Å². The third-order valence-electron chi connectivity index (χ3n) is 8.42. The van der Waals surface area contributed by atoms with Gasteiger partial charge in [0.15, 0.2) is 0 Å². The predicted octanol–water partition coefficient (Wildman–Crippen LogP) is 5.83. The Labute approximate surface area is 197 Å². The number of hydrogen-bond acceptors (Lipinski definition) is 2. The van der Waals surface area contributed by atoms with Gasteiger partial charge in [-0.2, -0.15) is 0 Å². The number of aliphatic carboxylic acids is 1. The van der Waals surface area contributed by atoms with Crippen LogP contribution in [0, 0.1) is 11.3 Å². The van der Waals surface area contributed by atoms with Gasteiger partial charge in [0, 0.05) is 41.4 Å². The molecule has 4 atom stereocenters. The van der Waals surface area contributed by atoms with Crippen LogP contribution in [0.5, 0.6) is 0 Å². The number of carboxylic acid groups (broad SMARTS) is 1. The highest BCUT2D eigenvalue weighted by atomic mass is 79.9. The number of rotatable bonds is 4. The maximum absolute atomic E-state index is 13.1. The molecule has 2 bridgehead atoms. The monoisotopic (exact) mass is 487 g/mol. The third kappa shape index (κ3) is 2.66. The van der Waals surface area contributed by atoms with E-state index in [1.54, 1.807) is 0 Å². The maximum Gasteiger partial charge on any atom is 0.311 e. The lowest BCUT2D eigenvalue weighted by Gasteiger charge is -2.59. The summed E-state index contributed by atoms with van der Waals surface area (Å²) >= 11 is 3.59. The molecule has 3 aromatic carbocycles. The largest absolute Gasteiger partial charge is 0.481 e. The summed E-state index contributed by atoms with van der Waals surface area (Å²) in [6, 6.07) is 27.7. The van der Waals surface area contributed by atoms with Crippen LogP contribution in [0.15, 0.2) is 83.3 Å². The molecule has 1 saturated carbocycles. The molecule has 0 amide bonds. The number of fused-ring (bicyclic) bond motifs is 1. The van der Waals surface area contributed by atoms with Gasteiger partial charge in [-0.05, 0) is 47.2 Å². The van der Waals surface area contributed by atoms with E-state index in [0.717, 1.165) is 30.4 Å². The van der Waals surface area contributed by atoms with E-state index in [4.69, 9.17) is 0 Å². The van der Waals surface area contributed by atoms with Crippen LogP contribution in [0.4, 0.5) is 0 Å². The van der Waals surface area contributed by atoms with E-state index < -0.39 is 11.4 Å². The topological polar surface area (TPSA) is 40.5 Å². The first-order valence-corrected chi connectivity index (χ1v) is 12.2. The SMILES string of the molecule is O=C(O)C12CN(Cc3ccccc3)CC1C1(c3ccc(Br)cc3)CCC2c2ccccc21. The van der Waals surface area contributed by atoms with Crippen LogP contribution < -0.4 is 0 Å². The molecule has 1 aliphatic heterocycles. The summed E-state index contributed by atoms with van der Waals surface area (Å²) in [5.74, 6) is -0.510. The Balaban J connectivity index is 1.54. The molecular formula is C28H26BrNO2. The lowest BCUT2D eigenvalue weighted by Crippen LogP contribution is -2.60. The van der Waals surface area contributed by atoms with Crippen molar-refractivity contribution in [2.45, 2.75) is 30.7 Å². The van der Waals surface area contributed by atoms with Crippen molar-refractivity contribution >= 4 is 21.9 Å². The van der Waals surface area contributed by atoms with Crippen molar-refractivity contribution in [2.24, 2.45) is 11.3 Å². The summed E-state index contributed by atoms with van der Waals surface area (Å²) in [5, 5.41) is 10.8. The molecule has 4 aliphatic rings. The smallest absolute Gasteiger partial charge is 0.311 e. The Kier molecular flexibility index (Phi) is 4.60. The fraction of sp³-hybridized carbons (Fsp3) is 0.321. The van der Waals surface area contributed by atoms with Crippen molar-refractivity contribution in [3.8, 4) is 0 Å². The molecule has 0 spiro atoms. The van der Waals surface area contributed by atoms with Gasteiger partial charge in [0.05, 0.1) is 5.41 Å². The second-order valence-corrected chi connectivity index (χ2v) is 10.6. The zero-order chi connectivity index (χ0) is 21.9. The average molecular weight is 488 g/mol. The molecule has 3 aromatic rings. The van der Waals surface area contributed by atoms with Gasteiger partial charge in [0.2, 0.25) is 0 Å². The van der Waals surface area contributed by atoms with Crippen LogP contribution in [0.3, 0.4) is 0 Å². The summed E-state index contributed by atoms with van der Waals surface area (Å²) in [6.07, 6.45) is 1.93. The van der Waals surface area contributed by atoms with Crippen LogP contribution in [0.2, 0.25) is 0 Å². The van der Waals surface area contributed by atoms with Crippen LogP contribution in [0.1, 0.15) is 41.0 Å². The molecular weight excluding hydrogens is 462 g/mol. The number of likely N-dealkylation sites (tertiary alicyclic amines) is 1. The summed E-state index contributed by atoms with van der Waals surface area (Å²) in [6.45, 7) is 2.22. The first-order valence-electron chi connectivity index (χ1n) is 11.4. The summed E-state index contributed by atoms with van der Waals surface area (Å²) in [4.78, 5) is 15.5. The molecule has 7 rings (SSSR count). The molecule has 1 saturated heterocycles. The van der Waals surface area contributed by atoms with E-state index in [1.165, 1.54) is 22.3 Å². The number of halogens is 1. The molecule has 3 aliphatic carbocycles. The average Bonchev–Trinajstić information content (AvgIpc) is 3.22. The second-order valence-electron chi connectivity index (χ2n) is 9.71. The van der Waals surface area contributed by atoms with Crippen LogP contribution in [-0.4, -0.2) is 29.1 Å². The minimum absolute atomic E-state index is 0.0473. The molecule has 2 fully saturated rings. The number of carbonyl (C=O) groups is 1. The van der Waals surface area contributed by atoms with Gasteiger partial charge >= 0.3 is 5.97 Å². The summed E-state index contributed by atoms with van der Waals surface area (Å²) in [7, 11) is 0. The molecule has 1 N–H and O–H groups in total. The number of benzene rings is 3. The Bertz CT molecular complexity index is 1180. The van der Waals surface area contributed by atoms with Crippen LogP contribution in [0.25, 0.3) is 0 Å². The van der Waals surface area contributed by atoms with Gasteiger partial charge in [-0.3, -0.25) is 9.69 Å². The third-order valence-corrected chi connectivity index (χ3v) is 8.94. The van der Waals surface area contributed by atoms with Crippen molar-refractivity contribution < 1.29 is 9.90 Å². The Morgan fingerprint density at radius 2 is 1.72 bits per heavy atom. The molecule has 32 heavy (non-hydrogen) atoms. The van der Waals surface area contributed by atoms with Crippen molar-refractivity contribution in [3.05, 3.63) is 106 Å². The lowest BCUT2D eigenvalue weighted by molar-refractivity contribution is -0.157. The van der Waals surface area contributed by atoms with Crippen molar-refractivity contribution in [1.82, 2.24) is 4.90 Å². The minimum atomic E-state index is -0.755. The van der Waals surface area contributed by atoms with Crippen molar-refractivity contribution in [2.75, 3.05) is 13.1 Å². The van der Waals surface area contributed by atoms with Crippen molar-refractivity contribution in [3.63, 3.8) is 0 Å². The zero-order valence-corrected chi connectivity index (χ0v) is 19.5. The normalized spacial score (nSPS) is 30.7. The summed E-state index contributed by atoms with van der Waals surface area (Å²) < 4.78 is 1.05. The lowest BCUT2D eigenvalue weighted by atomic mass is 9.42. The van der Waals surface area contributed by atoms with E-state index in [2.05, 4.69) is 93.6 Å². The molecule has 4 heteroatoms. The number of hydrogen-bond donors (Lipinski definition) is 1.